The molecule has 1 amide bonds. The average Bonchev–Trinajstić information content (AvgIpc) is 3.07. The van der Waals surface area contributed by atoms with Crippen LogP contribution in [0.3, 0.4) is 0 Å². The van der Waals surface area contributed by atoms with Crippen LogP contribution in [0.4, 0.5) is 11.4 Å². The number of nitro benzene ring substituents is 1. The standard InChI is InChI=1S/C12H15N3O3/c1-2-7-5-11(7)14-12(16)9-6-8(15(17)18)3-4-10(9)13/h3-4,6-7,11H,2,5,13H2,1H3,(H,14,16). The fourth-order valence-corrected chi connectivity index (χ4v) is 1.98. The molecular weight excluding hydrogens is 234 g/mol. The van der Waals surface area contributed by atoms with E-state index in [1.807, 2.05) is 0 Å². The lowest BCUT2D eigenvalue weighted by molar-refractivity contribution is -0.384. The van der Waals surface area contributed by atoms with Gasteiger partial charge in [0, 0.05) is 23.9 Å². The second-order valence-electron chi connectivity index (χ2n) is 4.51. The number of benzene rings is 1. The van der Waals surface area contributed by atoms with Crippen LogP contribution in [0.2, 0.25) is 0 Å². The van der Waals surface area contributed by atoms with Crippen molar-refractivity contribution in [1.29, 1.82) is 0 Å². The first-order chi connectivity index (χ1) is 8.52. The van der Waals surface area contributed by atoms with Crippen LogP contribution in [0.5, 0.6) is 0 Å². The molecule has 2 atom stereocenters. The highest BCUT2D eigenvalue weighted by atomic mass is 16.6. The number of nitrogen functional groups attached to an aromatic ring is 1. The van der Waals surface area contributed by atoms with E-state index >= 15 is 0 Å². The molecule has 1 aliphatic carbocycles. The first kappa shape index (κ1) is 12.3. The van der Waals surface area contributed by atoms with Crippen LogP contribution in [-0.2, 0) is 0 Å². The van der Waals surface area contributed by atoms with Gasteiger partial charge >= 0.3 is 0 Å². The third-order valence-corrected chi connectivity index (χ3v) is 3.26. The van der Waals surface area contributed by atoms with E-state index in [-0.39, 0.29) is 28.9 Å². The van der Waals surface area contributed by atoms with Gasteiger partial charge in [0.2, 0.25) is 0 Å². The van der Waals surface area contributed by atoms with Crippen LogP contribution in [0.1, 0.15) is 30.1 Å². The van der Waals surface area contributed by atoms with Gasteiger partial charge in [-0.2, -0.15) is 0 Å². The Morgan fingerprint density at radius 3 is 2.89 bits per heavy atom. The minimum absolute atomic E-state index is 0.128. The van der Waals surface area contributed by atoms with Crippen molar-refractivity contribution in [3.05, 3.63) is 33.9 Å². The molecule has 0 spiro atoms. The van der Waals surface area contributed by atoms with Gasteiger partial charge in [-0.15, -0.1) is 0 Å². The number of nitrogens with zero attached hydrogens (tertiary/aromatic N) is 1. The molecule has 0 aliphatic heterocycles. The van der Waals surface area contributed by atoms with Crippen LogP contribution >= 0.6 is 0 Å². The van der Waals surface area contributed by atoms with Gasteiger partial charge in [0.15, 0.2) is 0 Å². The summed E-state index contributed by atoms with van der Waals surface area (Å²) >= 11 is 0. The highest BCUT2D eigenvalue weighted by molar-refractivity contribution is 6.00. The van der Waals surface area contributed by atoms with E-state index in [1.165, 1.54) is 18.2 Å². The fraction of sp³-hybridized carbons (Fsp3) is 0.417. The second-order valence-corrected chi connectivity index (χ2v) is 4.51. The second kappa shape index (κ2) is 4.64. The first-order valence-electron chi connectivity index (χ1n) is 5.87. The summed E-state index contributed by atoms with van der Waals surface area (Å²) in [6.07, 6.45) is 1.99. The molecule has 1 fully saturated rings. The molecule has 6 heteroatoms. The predicted molar refractivity (Wildman–Crippen MR) is 67.2 cm³/mol. The zero-order chi connectivity index (χ0) is 13.3. The number of hydrogen-bond acceptors (Lipinski definition) is 4. The van der Waals surface area contributed by atoms with Crippen molar-refractivity contribution in [2.24, 2.45) is 5.92 Å². The maximum absolute atomic E-state index is 11.9. The molecule has 0 saturated heterocycles. The number of non-ortho nitro benzene ring substituents is 1. The van der Waals surface area contributed by atoms with E-state index in [0.717, 1.165) is 12.8 Å². The van der Waals surface area contributed by atoms with Crippen LogP contribution < -0.4 is 11.1 Å². The molecule has 0 radical (unpaired) electrons. The maximum Gasteiger partial charge on any atom is 0.270 e. The minimum atomic E-state index is -0.539. The fourth-order valence-electron chi connectivity index (χ4n) is 1.98. The summed E-state index contributed by atoms with van der Waals surface area (Å²) < 4.78 is 0. The van der Waals surface area contributed by atoms with Crippen LogP contribution in [-0.4, -0.2) is 16.9 Å². The summed E-state index contributed by atoms with van der Waals surface area (Å²) in [5.41, 5.74) is 5.97. The number of hydrogen-bond donors (Lipinski definition) is 2. The summed E-state index contributed by atoms with van der Waals surface area (Å²) in [5, 5.41) is 13.5. The Hall–Kier alpha value is -2.11. The maximum atomic E-state index is 11.9. The van der Waals surface area contributed by atoms with Crippen molar-refractivity contribution in [2.45, 2.75) is 25.8 Å². The van der Waals surface area contributed by atoms with E-state index in [2.05, 4.69) is 12.2 Å². The predicted octanol–water partition coefficient (Wildman–Crippen LogP) is 1.71. The number of nitrogens with one attached hydrogen (secondary N) is 1. The van der Waals surface area contributed by atoms with Crippen molar-refractivity contribution >= 4 is 17.3 Å². The van der Waals surface area contributed by atoms with Crippen molar-refractivity contribution in [2.75, 3.05) is 5.73 Å². The first-order valence-corrected chi connectivity index (χ1v) is 5.87. The Morgan fingerprint density at radius 1 is 1.61 bits per heavy atom. The summed E-state index contributed by atoms with van der Waals surface area (Å²) in [6.45, 7) is 2.07. The lowest BCUT2D eigenvalue weighted by Crippen LogP contribution is -2.27. The van der Waals surface area contributed by atoms with Crippen molar-refractivity contribution in [1.82, 2.24) is 5.32 Å². The van der Waals surface area contributed by atoms with Gasteiger partial charge in [0.25, 0.3) is 11.6 Å². The molecule has 2 rings (SSSR count). The number of carbonyl (C=O) groups is 1. The molecule has 0 aromatic heterocycles. The van der Waals surface area contributed by atoms with E-state index in [1.54, 1.807) is 0 Å². The monoisotopic (exact) mass is 249 g/mol. The Bertz CT molecular complexity index is 501. The highest BCUT2D eigenvalue weighted by Crippen LogP contribution is 2.33. The lowest BCUT2D eigenvalue weighted by Gasteiger charge is -2.06. The number of amides is 1. The van der Waals surface area contributed by atoms with Gasteiger partial charge in [0.1, 0.15) is 0 Å². The number of carbonyl (C=O) groups excluding carboxylic acids is 1. The average molecular weight is 249 g/mol. The molecular formula is C12H15N3O3. The summed E-state index contributed by atoms with van der Waals surface area (Å²) in [4.78, 5) is 22.1. The number of nitro groups is 1. The van der Waals surface area contributed by atoms with Crippen LogP contribution in [0.15, 0.2) is 18.2 Å². The van der Waals surface area contributed by atoms with Gasteiger partial charge in [-0.1, -0.05) is 13.3 Å². The molecule has 1 saturated carbocycles. The third-order valence-electron chi connectivity index (χ3n) is 3.26. The highest BCUT2D eigenvalue weighted by Gasteiger charge is 2.36. The molecule has 18 heavy (non-hydrogen) atoms. The molecule has 6 nitrogen and oxygen atoms in total. The molecule has 0 bridgehead atoms. The van der Waals surface area contributed by atoms with Gasteiger partial charge in [-0.05, 0) is 18.4 Å². The van der Waals surface area contributed by atoms with E-state index in [0.29, 0.717) is 5.92 Å². The van der Waals surface area contributed by atoms with Crippen LogP contribution in [0.25, 0.3) is 0 Å². The molecule has 1 aliphatic rings. The SMILES string of the molecule is CCC1CC1NC(=O)c1cc([N+](=O)[O-])ccc1N. The molecule has 96 valence electrons. The minimum Gasteiger partial charge on any atom is -0.398 e. The van der Waals surface area contributed by atoms with E-state index in [9.17, 15) is 14.9 Å². The Balaban J connectivity index is 2.14. The molecule has 1 aromatic rings. The van der Waals surface area contributed by atoms with E-state index < -0.39 is 4.92 Å². The normalized spacial score (nSPS) is 21.4. The van der Waals surface area contributed by atoms with Gasteiger partial charge in [-0.3, -0.25) is 14.9 Å². The summed E-state index contributed by atoms with van der Waals surface area (Å²) in [6, 6.07) is 4.07. The zero-order valence-electron chi connectivity index (χ0n) is 10.1. The summed E-state index contributed by atoms with van der Waals surface area (Å²) in [7, 11) is 0. The molecule has 0 heterocycles. The smallest absolute Gasteiger partial charge is 0.270 e. The number of anilines is 1. The van der Waals surface area contributed by atoms with Crippen molar-refractivity contribution in [3.8, 4) is 0 Å². The van der Waals surface area contributed by atoms with Gasteiger partial charge in [0.05, 0.1) is 10.5 Å². The molecule has 2 unspecified atom stereocenters. The largest absolute Gasteiger partial charge is 0.398 e. The summed E-state index contributed by atoms with van der Waals surface area (Å²) in [5.74, 6) is 0.186. The molecule has 1 aromatic carbocycles. The van der Waals surface area contributed by atoms with Gasteiger partial charge < -0.3 is 11.1 Å². The van der Waals surface area contributed by atoms with Crippen LogP contribution in [0, 0.1) is 16.0 Å². The van der Waals surface area contributed by atoms with Gasteiger partial charge in [-0.25, -0.2) is 0 Å². The van der Waals surface area contributed by atoms with E-state index in [4.69, 9.17) is 5.73 Å². The molecule has 3 N–H and O–H groups in total. The topological polar surface area (TPSA) is 98.3 Å². The van der Waals surface area contributed by atoms with Crippen molar-refractivity contribution < 1.29 is 9.72 Å². The Kier molecular flexibility index (Phi) is 3.18. The zero-order valence-corrected chi connectivity index (χ0v) is 10.1. The quantitative estimate of drug-likeness (QED) is 0.482. The number of rotatable bonds is 4. The Morgan fingerprint density at radius 2 is 2.33 bits per heavy atom. The Labute approximate surface area is 104 Å². The third kappa shape index (κ3) is 2.42. The lowest BCUT2D eigenvalue weighted by atomic mass is 10.1. The number of nitrogens with two attached hydrogens (primary N) is 1. The van der Waals surface area contributed by atoms with Crippen molar-refractivity contribution in [3.63, 3.8) is 0 Å².